The van der Waals surface area contributed by atoms with Crippen molar-refractivity contribution < 1.29 is 24.5 Å². The number of carbonyl (C=O) groups excluding carboxylic acids is 1. The Morgan fingerprint density at radius 2 is 1.95 bits per heavy atom. The standard InChI is InChI=1S/C17H26O5/c1-15(2)7-11(19)9-6-10(18)13(20)17(14(9)22-15)8-12(17)16(3,4)21-5/h10,12-13,18,20H,6-8H2,1-5H3/t10-,12-,13-,17-/m0/s1. The molecule has 3 rings (SSSR count). The van der Waals surface area contributed by atoms with E-state index in [4.69, 9.17) is 9.47 Å². The molecule has 1 heterocycles. The lowest BCUT2D eigenvalue weighted by Gasteiger charge is -2.44. The SMILES string of the molecule is COC(C)(C)[C@@H]1C[C@]12C1=C(C[C@H](O)[C@@H]2O)C(=O)CC(C)(C)O1. The Labute approximate surface area is 131 Å². The van der Waals surface area contributed by atoms with Crippen LogP contribution in [0, 0.1) is 11.3 Å². The molecule has 22 heavy (non-hydrogen) atoms. The van der Waals surface area contributed by atoms with Gasteiger partial charge in [-0.3, -0.25) is 4.79 Å². The van der Waals surface area contributed by atoms with E-state index in [1.54, 1.807) is 7.11 Å². The van der Waals surface area contributed by atoms with E-state index < -0.39 is 28.8 Å². The van der Waals surface area contributed by atoms with Crippen molar-refractivity contribution in [3.63, 3.8) is 0 Å². The van der Waals surface area contributed by atoms with E-state index in [-0.39, 0.29) is 18.1 Å². The largest absolute Gasteiger partial charge is 0.491 e. The zero-order valence-corrected chi connectivity index (χ0v) is 14.0. The third kappa shape index (κ3) is 2.06. The Morgan fingerprint density at radius 3 is 2.55 bits per heavy atom. The minimum atomic E-state index is -0.926. The highest BCUT2D eigenvalue weighted by atomic mass is 16.5. The highest BCUT2D eigenvalue weighted by molar-refractivity contribution is 5.98. The molecule has 0 aromatic heterocycles. The van der Waals surface area contributed by atoms with E-state index in [9.17, 15) is 15.0 Å². The van der Waals surface area contributed by atoms with Gasteiger partial charge >= 0.3 is 0 Å². The molecular formula is C17H26O5. The highest BCUT2D eigenvalue weighted by Gasteiger charge is 2.71. The van der Waals surface area contributed by atoms with Gasteiger partial charge in [0.2, 0.25) is 0 Å². The summed E-state index contributed by atoms with van der Waals surface area (Å²) in [6.45, 7) is 7.71. The van der Waals surface area contributed by atoms with Gasteiger partial charge in [-0.25, -0.2) is 0 Å². The van der Waals surface area contributed by atoms with E-state index in [0.717, 1.165) is 0 Å². The Hall–Kier alpha value is -0.910. The summed E-state index contributed by atoms with van der Waals surface area (Å²) in [5, 5.41) is 20.9. The van der Waals surface area contributed by atoms with Gasteiger partial charge in [-0.15, -0.1) is 0 Å². The van der Waals surface area contributed by atoms with Crippen LogP contribution in [0.5, 0.6) is 0 Å². The number of ketones is 1. The maximum atomic E-state index is 12.5. The molecule has 0 aromatic carbocycles. The molecule has 1 fully saturated rings. The number of aliphatic hydroxyl groups is 2. The fourth-order valence-corrected chi connectivity index (χ4v) is 4.24. The molecule has 3 aliphatic rings. The zero-order valence-electron chi connectivity index (χ0n) is 14.0. The van der Waals surface area contributed by atoms with Crippen molar-refractivity contribution in [1.82, 2.24) is 0 Å². The summed E-state index contributed by atoms with van der Waals surface area (Å²) in [6, 6.07) is 0. The summed E-state index contributed by atoms with van der Waals surface area (Å²) >= 11 is 0. The van der Waals surface area contributed by atoms with Gasteiger partial charge < -0.3 is 19.7 Å². The number of aliphatic hydroxyl groups excluding tert-OH is 2. The Bertz CT molecular complexity index is 547. The number of ether oxygens (including phenoxy) is 2. The average molecular weight is 310 g/mol. The lowest BCUT2D eigenvalue weighted by atomic mass is 9.73. The first-order valence-electron chi connectivity index (χ1n) is 7.92. The molecule has 0 saturated heterocycles. The molecule has 4 atom stereocenters. The van der Waals surface area contributed by atoms with Crippen LogP contribution in [0.15, 0.2) is 11.3 Å². The fraction of sp³-hybridized carbons (Fsp3) is 0.824. The molecule has 2 N–H and O–H groups in total. The predicted molar refractivity (Wildman–Crippen MR) is 80.1 cm³/mol. The first kappa shape index (κ1) is 16.0. The average Bonchev–Trinajstić information content (AvgIpc) is 3.15. The summed E-state index contributed by atoms with van der Waals surface area (Å²) < 4.78 is 11.7. The minimum absolute atomic E-state index is 0.0154. The smallest absolute Gasteiger partial charge is 0.166 e. The van der Waals surface area contributed by atoms with Crippen LogP contribution in [0.4, 0.5) is 0 Å². The Balaban J connectivity index is 2.08. The van der Waals surface area contributed by atoms with Crippen molar-refractivity contribution in [1.29, 1.82) is 0 Å². The van der Waals surface area contributed by atoms with Crippen molar-refractivity contribution in [2.24, 2.45) is 11.3 Å². The molecule has 0 radical (unpaired) electrons. The third-order valence-corrected chi connectivity index (χ3v) is 5.67. The molecule has 1 spiro atoms. The number of Topliss-reactive ketones (excluding diaryl/α,β-unsaturated/α-hetero) is 1. The van der Waals surface area contributed by atoms with Crippen LogP contribution in [0.2, 0.25) is 0 Å². The number of hydrogen-bond donors (Lipinski definition) is 2. The van der Waals surface area contributed by atoms with Crippen molar-refractivity contribution >= 4 is 5.78 Å². The molecule has 1 aliphatic heterocycles. The monoisotopic (exact) mass is 310 g/mol. The second-order valence-electron chi connectivity index (χ2n) is 8.09. The van der Waals surface area contributed by atoms with Crippen LogP contribution in [-0.4, -0.2) is 46.5 Å². The molecular weight excluding hydrogens is 284 g/mol. The summed E-state index contributed by atoms with van der Waals surface area (Å²) in [5.41, 5.74) is -1.16. The number of hydrogen-bond acceptors (Lipinski definition) is 5. The predicted octanol–water partition coefficient (Wildman–Crippen LogP) is 1.57. The summed E-state index contributed by atoms with van der Waals surface area (Å²) in [5.74, 6) is 0.640. The van der Waals surface area contributed by atoms with Crippen molar-refractivity contribution in [3.8, 4) is 0 Å². The maximum Gasteiger partial charge on any atom is 0.166 e. The van der Waals surface area contributed by atoms with Gasteiger partial charge in [0.15, 0.2) is 5.78 Å². The van der Waals surface area contributed by atoms with Crippen LogP contribution in [0.1, 0.15) is 47.0 Å². The third-order valence-electron chi connectivity index (χ3n) is 5.67. The van der Waals surface area contributed by atoms with Gasteiger partial charge in [0.05, 0.1) is 29.6 Å². The van der Waals surface area contributed by atoms with Crippen LogP contribution in [0.25, 0.3) is 0 Å². The first-order chi connectivity index (χ1) is 10.0. The van der Waals surface area contributed by atoms with Gasteiger partial charge in [0, 0.05) is 25.0 Å². The lowest BCUT2D eigenvalue weighted by Crippen LogP contribution is -2.49. The van der Waals surface area contributed by atoms with Crippen molar-refractivity contribution in [3.05, 3.63) is 11.3 Å². The second kappa shape index (κ2) is 4.56. The fourth-order valence-electron chi connectivity index (χ4n) is 4.24. The van der Waals surface area contributed by atoms with Gasteiger partial charge in [-0.1, -0.05) is 0 Å². The molecule has 0 aromatic rings. The van der Waals surface area contributed by atoms with E-state index in [1.807, 2.05) is 27.7 Å². The van der Waals surface area contributed by atoms with E-state index in [2.05, 4.69) is 0 Å². The van der Waals surface area contributed by atoms with Gasteiger partial charge in [0.25, 0.3) is 0 Å². The Kier molecular flexibility index (Phi) is 3.31. The van der Waals surface area contributed by atoms with E-state index in [1.165, 1.54) is 0 Å². The maximum absolute atomic E-state index is 12.5. The molecule has 0 unspecified atom stereocenters. The van der Waals surface area contributed by atoms with Gasteiger partial charge in [0.1, 0.15) is 11.4 Å². The summed E-state index contributed by atoms with van der Waals surface area (Å²) in [6.07, 6.45) is -0.706. The van der Waals surface area contributed by atoms with E-state index in [0.29, 0.717) is 24.2 Å². The van der Waals surface area contributed by atoms with Crippen molar-refractivity contribution in [2.45, 2.75) is 70.4 Å². The highest BCUT2D eigenvalue weighted by Crippen LogP contribution is 2.69. The zero-order chi connectivity index (χ0) is 16.5. The Morgan fingerprint density at radius 1 is 1.32 bits per heavy atom. The lowest BCUT2D eigenvalue weighted by molar-refractivity contribution is -0.134. The van der Waals surface area contributed by atoms with Crippen LogP contribution in [-0.2, 0) is 14.3 Å². The van der Waals surface area contributed by atoms with Crippen LogP contribution < -0.4 is 0 Å². The van der Waals surface area contributed by atoms with E-state index >= 15 is 0 Å². The number of methoxy groups -OCH3 is 1. The van der Waals surface area contributed by atoms with Gasteiger partial charge in [-0.05, 0) is 34.1 Å². The van der Waals surface area contributed by atoms with Crippen molar-refractivity contribution in [2.75, 3.05) is 7.11 Å². The number of rotatable bonds is 2. The summed E-state index contributed by atoms with van der Waals surface area (Å²) in [4.78, 5) is 12.5. The molecule has 124 valence electrons. The molecule has 1 saturated carbocycles. The molecule has 5 nitrogen and oxygen atoms in total. The minimum Gasteiger partial charge on any atom is -0.491 e. The number of fused-ring (bicyclic) bond motifs is 1. The summed E-state index contributed by atoms with van der Waals surface area (Å²) in [7, 11) is 1.64. The number of carbonyl (C=O) groups is 1. The quantitative estimate of drug-likeness (QED) is 0.809. The van der Waals surface area contributed by atoms with Crippen LogP contribution >= 0.6 is 0 Å². The van der Waals surface area contributed by atoms with Crippen LogP contribution in [0.3, 0.4) is 0 Å². The molecule has 2 aliphatic carbocycles. The normalized spacial score (nSPS) is 40.5. The molecule has 0 bridgehead atoms. The molecule has 5 heteroatoms. The first-order valence-corrected chi connectivity index (χ1v) is 7.92. The topological polar surface area (TPSA) is 76.0 Å². The molecule has 0 amide bonds. The second-order valence-corrected chi connectivity index (χ2v) is 8.09. The van der Waals surface area contributed by atoms with Gasteiger partial charge in [-0.2, -0.15) is 0 Å².